The summed E-state index contributed by atoms with van der Waals surface area (Å²) in [5.74, 6) is -0.163. The fourth-order valence-electron chi connectivity index (χ4n) is 3.42. The van der Waals surface area contributed by atoms with Crippen LogP contribution in [0.2, 0.25) is 0 Å². The van der Waals surface area contributed by atoms with Crippen molar-refractivity contribution in [3.8, 4) is 11.3 Å². The van der Waals surface area contributed by atoms with Gasteiger partial charge in [-0.1, -0.05) is 36.4 Å². The van der Waals surface area contributed by atoms with E-state index in [9.17, 15) is 13.2 Å². The van der Waals surface area contributed by atoms with Gasteiger partial charge in [-0.3, -0.25) is 4.79 Å². The molecule has 4 rings (SSSR count). The zero-order valence-corrected chi connectivity index (χ0v) is 17.9. The van der Waals surface area contributed by atoms with Crippen LogP contribution in [0.25, 0.3) is 11.3 Å². The fourth-order valence-corrected chi connectivity index (χ4v) is 5.47. The summed E-state index contributed by atoms with van der Waals surface area (Å²) < 4.78 is 24.4. The van der Waals surface area contributed by atoms with E-state index < -0.39 is 15.1 Å². The highest BCUT2D eigenvalue weighted by Crippen LogP contribution is 2.37. The van der Waals surface area contributed by atoms with Gasteiger partial charge in [0, 0.05) is 10.4 Å². The Morgan fingerprint density at radius 2 is 1.83 bits per heavy atom. The maximum atomic E-state index is 12.5. The molecule has 1 amide bonds. The molecule has 1 aliphatic rings. The van der Waals surface area contributed by atoms with E-state index in [2.05, 4.69) is 22.4 Å². The lowest BCUT2D eigenvalue weighted by Gasteiger charge is -2.13. The number of fused-ring (bicyclic) bond motifs is 3. The van der Waals surface area contributed by atoms with Gasteiger partial charge >= 0.3 is 0 Å². The van der Waals surface area contributed by atoms with Crippen LogP contribution in [-0.4, -0.2) is 24.6 Å². The summed E-state index contributed by atoms with van der Waals surface area (Å²) in [7, 11) is -3.31. The zero-order chi connectivity index (χ0) is 20.6. The molecule has 1 aromatic heterocycles. The quantitative estimate of drug-likeness (QED) is 0.661. The highest BCUT2D eigenvalue weighted by Gasteiger charge is 2.22. The van der Waals surface area contributed by atoms with E-state index in [1.807, 2.05) is 12.1 Å². The molecule has 5 nitrogen and oxygen atoms in total. The third-order valence-electron chi connectivity index (χ3n) is 5.07. The van der Waals surface area contributed by atoms with Gasteiger partial charge < -0.3 is 5.32 Å². The van der Waals surface area contributed by atoms with E-state index in [0.717, 1.165) is 29.7 Å². The molecule has 3 aromatic rings. The summed E-state index contributed by atoms with van der Waals surface area (Å²) >= 11 is 1.52. The molecule has 1 N–H and O–H groups in total. The second-order valence-corrected chi connectivity index (χ2v) is 11.0. The second-order valence-electron chi connectivity index (χ2n) is 7.41. The van der Waals surface area contributed by atoms with Crippen molar-refractivity contribution >= 4 is 32.2 Å². The Labute approximate surface area is 174 Å². The number of carbonyl (C=O) groups is 1. The molecule has 29 heavy (non-hydrogen) atoms. The highest BCUT2D eigenvalue weighted by atomic mass is 32.2. The predicted molar refractivity (Wildman–Crippen MR) is 116 cm³/mol. The van der Waals surface area contributed by atoms with Crippen LogP contribution in [0, 0.1) is 0 Å². The molecular weight excluding hydrogens is 404 g/mol. The normalized spacial score (nSPS) is 13.1. The highest BCUT2D eigenvalue weighted by molar-refractivity contribution is 7.92. The van der Waals surface area contributed by atoms with Crippen LogP contribution in [0.5, 0.6) is 0 Å². The number of nitrogens with one attached hydrogen (secondary N) is 1. The van der Waals surface area contributed by atoms with Gasteiger partial charge in [0.15, 0.2) is 15.0 Å². The molecule has 0 fully saturated rings. The number of benzene rings is 2. The number of nitrogens with zero attached hydrogens (tertiary/aromatic N) is 1. The van der Waals surface area contributed by atoms with Crippen LogP contribution in [0.1, 0.15) is 29.9 Å². The Bertz CT molecular complexity index is 1160. The van der Waals surface area contributed by atoms with Gasteiger partial charge in [-0.2, -0.15) is 0 Å². The SMILES string of the molecule is CC(C)S(=O)(=O)c1ccc(CC(=O)Nc2nc3c(s2)CCc2ccccc2-3)cc1. The molecule has 0 spiro atoms. The molecule has 7 heteroatoms. The monoisotopic (exact) mass is 426 g/mol. The average molecular weight is 427 g/mol. The van der Waals surface area contributed by atoms with Crippen LogP contribution in [0.3, 0.4) is 0 Å². The Kier molecular flexibility index (Phi) is 5.27. The number of thiazole rings is 1. The molecule has 0 unspecified atom stereocenters. The van der Waals surface area contributed by atoms with E-state index in [0.29, 0.717) is 5.13 Å². The Morgan fingerprint density at radius 1 is 1.10 bits per heavy atom. The van der Waals surface area contributed by atoms with Crippen molar-refractivity contribution in [2.45, 2.75) is 43.3 Å². The molecule has 150 valence electrons. The Balaban J connectivity index is 1.46. The number of aryl methyl sites for hydroxylation is 2. The first-order valence-corrected chi connectivity index (χ1v) is 11.9. The van der Waals surface area contributed by atoms with E-state index >= 15 is 0 Å². The largest absolute Gasteiger partial charge is 0.302 e. The van der Waals surface area contributed by atoms with Gasteiger partial charge in [0.2, 0.25) is 5.91 Å². The Morgan fingerprint density at radius 3 is 2.55 bits per heavy atom. The zero-order valence-electron chi connectivity index (χ0n) is 16.3. The number of hydrogen-bond donors (Lipinski definition) is 1. The number of carbonyl (C=O) groups excluding carboxylic acids is 1. The molecule has 2 aromatic carbocycles. The van der Waals surface area contributed by atoms with Crippen molar-refractivity contribution in [3.63, 3.8) is 0 Å². The predicted octanol–water partition coefficient (Wildman–Crippen LogP) is 4.27. The molecule has 0 atom stereocenters. The molecule has 0 radical (unpaired) electrons. The minimum absolute atomic E-state index is 0.163. The lowest BCUT2D eigenvalue weighted by molar-refractivity contribution is -0.115. The summed E-state index contributed by atoms with van der Waals surface area (Å²) in [5.41, 5.74) is 4.17. The number of anilines is 1. The van der Waals surface area contributed by atoms with Crippen molar-refractivity contribution in [3.05, 3.63) is 64.5 Å². The van der Waals surface area contributed by atoms with E-state index in [-0.39, 0.29) is 17.2 Å². The molecule has 1 aliphatic carbocycles. The maximum Gasteiger partial charge on any atom is 0.230 e. The first kappa shape index (κ1) is 19.8. The van der Waals surface area contributed by atoms with Crippen LogP contribution in [-0.2, 0) is 33.9 Å². The molecule has 0 bridgehead atoms. The van der Waals surface area contributed by atoms with Crippen molar-refractivity contribution < 1.29 is 13.2 Å². The topological polar surface area (TPSA) is 76.1 Å². The van der Waals surface area contributed by atoms with Gasteiger partial charge in [0.1, 0.15) is 0 Å². The second kappa shape index (κ2) is 7.72. The minimum atomic E-state index is -3.31. The molecule has 0 saturated heterocycles. The number of aromatic nitrogens is 1. The van der Waals surface area contributed by atoms with Crippen molar-refractivity contribution in [1.82, 2.24) is 4.98 Å². The summed E-state index contributed by atoms with van der Waals surface area (Å²) in [5, 5.41) is 3.02. The third-order valence-corrected chi connectivity index (χ3v) is 8.28. The van der Waals surface area contributed by atoms with Crippen molar-refractivity contribution in [1.29, 1.82) is 0 Å². The van der Waals surface area contributed by atoms with Gasteiger partial charge in [-0.15, -0.1) is 11.3 Å². The Hall–Kier alpha value is -2.51. The van der Waals surface area contributed by atoms with Gasteiger partial charge in [-0.05, 0) is 49.9 Å². The lowest BCUT2D eigenvalue weighted by Crippen LogP contribution is -2.15. The fraction of sp³-hybridized carbons (Fsp3) is 0.273. The van der Waals surface area contributed by atoms with E-state index in [1.54, 1.807) is 38.1 Å². The summed E-state index contributed by atoms with van der Waals surface area (Å²) in [6, 6.07) is 14.8. The molecule has 0 saturated carbocycles. The number of hydrogen-bond acceptors (Lipinski definition) is 5. The van der Waals surface area contributed by atoms with E-state index in [1.165, 1.54) is 21.8 Å². The first-order chi connectivity index (χ1) is 13.8. The standard InChI is InChI=1S/C22H22N2O3S2/c1-14(2)29(26,27)17-10-7-15(8-11-17)13-20(25)23-22-24-21-18-6-4-3-5-16(18)9-12-19(21)28-22/h3-8,10-11,14H,9,12-13H2,1-2H3,(H,23,24,25). The molecule has 1 heterocycles. The van der Waals surface area contributed by atoms with Crippen molar-refractivity contribution in [2.75, 3.05) is 5.32 Å². The number of sulfone groups is 1. The summed E-state index contributed by atoms with van der Waals surface area (Å²) in [4.78, 5) is 18.6. The van der Waals surface area contributed by atoms with E-state index in [4.69, 9.17) is 0 Å². The minimum Gasteiger partial charge on any atom is -0.302 e. The van der Waals surface area contributed by atoms with Gasteiger partial charge in [-0.25, -0.2) is 13.4 Å². The average Bonchev–Trinajstić information content (AvgIpc) is 3.11. The number of rotatable bonds is 5. The van der Waals surface area contributed by atoms with Crippen LogP contribution < -0.4 is 5.32 Å². The maximum absolute atomic E-state index is 12.5. The molecule has 0 aliphatic heterocycles. The summed E-state index contributed by atoms with van der Waals surface area (Å²) in [6.07, 6.45) is 2.10. The third kappa shape index (κ3) is 3.97. The first-order valence-electron chi connectivity index (χ1n) is 9.55. The molecular formula is C22H22N2O3S2. The lowest BCUT2D eigenvalue weighted by atomic mass is 9.94. The van der Waals surface area contributed by atoms with Crippen LogP contribution >= 0.6 is 11.3 Å². The van der Waals surface area contributed by atoms with Gasteiger partial charge in [0.25, 0.3) is 0 Å². The van der Waals surface area contributed by atoms with Crippen molar-refractivity contribution in [2.24, 2.45) is 0 Å². The summed E-state index contributed by atoms with van der Waals surface area (Å²) in [6.45, 7) is 3.31. The van der Waals surface area contributed by atoms with Crippen LogP contribution in [0.15, 0.2) is 53.4 Å². The van der Waals surface area contributed by atoms with Crippen LogP contribution in [0.4, 0.5) is 5.13 Å². The number of amides is 1. The smallest absolute Gasteiger partial charge is 0.230 e. The van der Waals surface area contributed by atoms with Gasteiger partial charge in [0.05, 0.1) is 22.3 Å².